The topological polar surface area (TPSA) is 68.1 Å². The quantitative estimate of drug-likeness (QED) is 0.667. The Morgan fingerprint density at radius 2 is 2.28 bits per heavy atom. The van der Waals surface area contributed by atoms with Gasteiger partial charge in [0.15, 0.2) is 0 Å². The van der Waals surface area contributed by atoms with Crippen LogP contribution in [0.15, 0.2) is 29.9 Å². The second kappa shape index (κ2) is 5.65. The monoisotopic (exact) mass is 267 g/mol. The van der Waals surface area contributed by atoms with Crippen molar-refractivity contribution in [1.82, 2.24) is 10.3 Å². The number of hydrogen-bond acceptors (Lipinski definition) is 5. The number of nitrogens with one attached hydrogen (secondary N) is 1. The van der Waals surface area contributed by atoms with E-state index < -0.39 is 16.4 Å². The van der Waals surface area contributed by atoms with Crippen molar-refractivity contribution in [1.29, 1.82) is 0 Å². The summed E-state index contributed by atoms with van der Waals surface area (Å²) < 4.78 is 13.3. The molecule has 0 bridgehead atoms. The summed E-state index contributed by atoms with van der Waals surface area (Å²) in [7, 11) is 0. The molecule has 0 saturated heterocycles. The fraction of sp³-hybridized carbons (Fsp3) is 0.182. The number of benzene rings is 1. The third-order valence-electron chi connectivity index (χ3n) is 2.32. The average molecular weight is 267 g/mol. The van der Waals surface area contributed by atoms with E-state index >= 15 is 0 Å². The van der Waals surface area contributed by atoms with E-state index in [4.69, 9.17) is 0 Å². The molecule has 0 fully saturated rings. The maximum Gasteiger partial charge on any atom is 0.304 e. The van der Waals surface area contributed by atoms with Crippen LogP contribution in [0.2, 0.25) is 0 Å². The van der Waals surface area contributed by atoms with Crippen molar-refractivity contribution in [2.24, 2.45) is 0 Å². The molecule has 2 aromatic rings. The van der Waals surface area contributed by atoms with E-state index in [1.807, 2.05) is 0 Å². The second-order valence-corrected chi connectivity index (χ2v) is 4.59. The zero-order valence-corrected chi connectivity index (χ0v) is 10.1. The minimum atomic E-state index is -0.808. The van der Waals surface area contributed by atoms with Gasteiger partial charge in [-0.05, 0) is 11.6 Å². The number of thiazole rings is 1. The summed E-state index contributed by atoms with van der Waals surface area (Å²) >= 11 is 1.53. The maximum atomic E-state index is 13.3. The minimum absolute atomic E-state index is 0.451. The van der Waals surface area contributed by atoms with Gasteiger partial charge in [-0.15, -0.1) is 11.3 Å². The Morgan fingerprint density at radius 3 is 2.89 bits per heavy atom. The summed E-state index contributed by atoms with van der Waals surface area (Å²) in [6, 6.07) is 3.90. The Bertz CT molecular complexity index is 545. The molecule has 1 aromatic carbocycles. The largest absolute Gasteiger partial charge is 0.308 e. The first-order chi connectivity index (χ1) is 8.66. The first-order valence-electron chi connectivity index (χ1n) is 5.17. The Hall–Kier alpha value is -1.86. The van der Waals surface area contributed by atoms with Gasteiger partial charge >= 0.3 is 5.69 Å². The third-order valence-corrected chi connectivity index (χ3v) is 3.10. The average Bonchev–Trinajstić information content (AvgIpc) is 2.81. The zero-order chi connectivity index (χ0) is 13.0. The molecule has 0 atom stereocenters. The van der Waals surface area contributed by atoms with Crippen molar-refractivity contribution in [2.45, 2.75) is 13.1 Å². The van der Waals surface area contributed by atoms with Gasteiger partial charge in [-0.2, -0.15) is 4.39 Å². The molecule has 18 heavy (non-hydrogen) atoms. The van der Waals surface area contributed by atoms with Crippen LogP contribution in [0.25, 0.3) is 0 Å². The van der Waals surface area contributed by atoms with Crippen LogP contribution in [0.3, 0.4) is 0 Å². The number of rotatable bonds is 5. The second-order valence-electron chi connectivity index (χ2n) is 3.61. The molecule has 5 nitrogen and oxygen atoms in total. The van der Waals surface area contributed by atoms with Crippen LogP contribution >= 0.6 is 11.3 Å². The van der Waals surface area contributed by atoms with Gasteiger partial charge in [0.1, 0.15) is 0 Å². The fourth-order valence-corrected chi connectivity index (χ4v) is 2.03. The SMILES string of the molecule is O=[N+]([O-])c1ccc(CNCc2cncs2)cc1F. The molecule has 0 aliphatic carbocycles. The molecule has 0 radical (unpaired) electrons. The van der Waals surface area contributed by atoms with Crippen LogP contribution in [0, 0.1) is 15.9 Å². The lowest BCUT2D eigenvalue weighted by Crippen LogP contribution is -2.12. The van der Waals surface area contributed by atoms with Crippen molar-refractivity contribution in [3.63, 3.8) is 0 Å². The third kappa shape index (κ3) is 3.08. The van der Waals surface area contributed by atoms with Crippen LogP contribution in [-0.4, -0.2) is 9.91 Å². The molecule has 2 rings (SSSR count). The van der Waals surface area contributed by atoms with Gasteiger partial charge in [0.2, 0.25) is 5.82 Å². The number of nitrogens with zero attached hydrogens (tertiary/aromatic N) is 2. The van der Waals surface area contributed by atoms with E-state index in [1.165, 1.54) is 23.5 Å². The number of nitro benzene ring substituents is 1. The molecule has 1 heterocycles. The summed E-state index contributed by atoms with van der Waals surface area (Å²) in [4.78, 5) is 14.7. The molecule has 0 saturated carbocycles. The normalized spacial score (nSPS) is 10.5. The van der Waals surface area contributed by atoms with Gasteiger partial charge in [-0.3, -0.25) is 15.1 Å². The molecule has 0 unspecified atom stereocenters. The molecular weight excluding hydrogens is 257 g/mol. The van der Waals surface area contributed by atoms with Crippen LogP contribution in [0.1, 0.15) is 10.4 Å². The van der Waals surface area contributed by atoms with Crippen molar-refractivity contribution >= 4 is 17.0 Å². The maximum absolute atomic E-state index is 13.3. The zero-order valence-electron chi connectivity index (χ0n) is 9.30. The molecule has 1 N–H and O–H groups in total. The lowest BCUT2D eigenvalue weighted by Gasteiger charge is -2.03. The predicted molar refractivity (Wildman–Crippen MR) is 65.7 cm³/mol. The van der Waals surface area contributed by atoms with Gasteiger partial charge in [0.25, 0.3) is 0 Å². The first-order valence-corrected chi connectivity index (χ1v) is 6.05. The number of nitro groups is 1. The number of hydrogen-bond donors (Lipinski definition) is 1. The minimum Gasteiger partial charge on any atom is -0.308 e. The molecule has 0 amide bonds. The van der Waals surface area contributed by atoms with Crippen LogP contribution in [0.4, 0.5) is 10.1 Å². The van der Waals surface area contributed by atoms with Crippen molar-refractivity contribution in [3.05, 3.63) is 56.3 Å². The van der Waals surface area contributed by atoms with Crippen LogP contribution in [0.5, 0.6) is 0 Å². The van der Waals surface area contributed by atoms with E-state index in [1.54, 1.807) is 17.8 Å². The Kier molecular flexibility index (Phi) is 3.96. The highest BCUT2D eigenvalue weighted by Crippen LogP contribution is 2.18. The lowest BCUT2D eigenvalue weighted by atomic mass is 10.2. The van der Waals surface area contributed by atoms with Gasteiger partial charge < -0.3 is 5.32 Å². The Labute approximate surface area is 106 Å². The molecule has 1 aromatic heterocycles. The van der Waals surface area contributed by atoms with Gasteiger partial charge in [-0.1, -0.05) is 6.07 Å². The highest BCUT2D eigenvalue weighted by atomic mass is 32.1. The summed E-state index contributed by atoms with van der Waals surface area (Å²) in [6.45, 7) is 1.09. The number of aromatic nitrogens is 1. The van der Waals surface area contributed by atoms with E-state index in [-0.39, 0.29) is 0 Å². The number of halogens is 1. The molecule has 0 spiro atoms. The summed E-state index contributed by atoms with van der Waals surface area (Å²) in [5, 5.41) is 13.6. The van der Waals surface area contributed by atoms with Gasteiger partial charge in [-0.25, -0.2) is 0 Å². The van der Waals surface area contributed by atoms with Crippen LogP contribution in [-0.2, 0) is 13.1 Å². The van der Waals surface area contributed by atoms with E-state index in [0.29, 0.717) is 18.7 Å². The fourth-order valence-electron chi connectivity index (χ4n) is 1.47. The lowest BCUT2D eigenvalue weighted by molar-refractivity contribution is -0.387. The summed E-state index contributed by atoms with van der Waals surface area (Å²) in [5.41, 5.74) is 1.91. The first kappa shape index (κ1) is 12.6. The molecule has 94 valence electrons. The van der Waals surface area contributed by atoms with Crippen molar-refractivity contribution in [2.75, 3.05) is 0 Å². The Morgan fingerprint density at radius 1 is 1.44 bits per heavy atom. The standard InChI is InChI=1S/C11H10FN3O2S/c12-10-3-8(1-2-11(10)15(16)17)4-13-5-9-6-14-7-18-9/h1-3,6-7,13H,4-5H2. The highest BCUT2D eigenvalue weighted by Gasteiger charge is 2.13. The molecule has 0 aliphatic rings. The van der Waals surface area contributed by atoms with Gasteiger partial charge in [0.05, 0.1) is 10.4 Å². The molecular formula is C11H10FN3O2S. The predicted octanol–water partition coefficient (Wildman–Crippen LogP) is 2.48. The van der Waals surface area contributed by atoms with Crippen molar-refractivity contribution < 1.29 is 9.31 Å². The summed E-state index contributed by atoms with van der Waals surface area (Å²) in [6.07, 6.45) is 1.76. The van der Waals surface area contributed by atoms with E-state index in [2.05, 4.69) is 10.3 Å². The van der Waals surface area contributed by atoms with Crippen LogP contribution < -0.4 is 5.32 Å². The smallest absolute Gasteiger partial charge is 0.304 e. The highest BCUT2D eigenvalue weighted by molar-refractivity contribution is 7.09. The molecule has 7 heteroatoms. The van der Waals surface area contributed by atoms with Crippen molar-refractivity contribution in [3.8, 4) is 0 Å². The van der Waals surface area contributed by atoms with E-state index in [0.717, 1.165) is 4.88 Å². The molecule has 0 aliphatic heterocycles. The van der Waals surface area contributed by atoms with E-state index in [9.17, 15) is 14.5 Å². The van der Waals surface area contributed by atoms with Gasteiger partial charge in [0, 0.05) is 30.2 Å². The Balaban J connectivity index is 1.94. The summed E-state index contributed by atoms with van der Waals surface area (Å²) in [5.74, 6) is -0.808.